The molecule has 0 aromatic rings. The summed E-state index contributed by atoms with van der Waals surface area (Å²) in [5, 5.41) is 0. The molecule has 12 heavy (non-hydrogen) atoms. The lowest BCUT2D eigenvalue weighted by molar-refractivity contribution is 0.0862. The van der Waals surface area contributed by atoms with E-state index < -0.39 is 15.6 Å². The van der Waals surface area contributed by atoms with Crippen LogP contribution in [0.25, 0.3) is 0 Å². The average molecular weight is 195 g/mol. The summed E-state index contributed by atoms with van der Waals surface area (Å²) < 4.78 is 39.3. The lowest BCUT2D eigenvalue weighted by Crippen LogP contribution is -2.24. The maximum Gasteiger partial charge on any atom is 0.292 e. The Morgan fingerprint density at radius 1 is 1.75 bits per heavy atom. The second-order valence-electron chi connectivity index (χ2n) is 2.52. The van der Waals surface area contributed by atoms with Gasteiger partial charge in [-0.3, -0.25) is 4.55 Å². The van der Waals surface area contributed by atoms with Gasteiger partial charge in [-0.2, -0.15) is 8.42 Å². The third kappa shape index (κ3) is 3.06. The molecule has 1 heterocycles. The van der Waals surface area contributed by atoms with Crippen LogP contribution < -0.4 is 0 Å². The van der Waals surface area contributed by atoms with Crippen molar-refractivity contribution < 1.29 is 22.4 Å². The van der Waals surface area contributed by atoms with Gasteiger partial charge in [0.25, 0.3) is 10.1 Å². The van der Waals surface area contributed by atoms with Crippen LogP contribution >= 0.6 is 0 Å². The van der Waals surface area contributed by atoms with Gasteiger partial charge >= 0.3 is 0 Å². The lowest BCUT2D eigenvalue weighted by atomic mass is 10.5. The van der Waals surface area contributed by atoms with Crippen LogP contribution in [0, 0.1) is 6.92 Å². The summed E-state index contributed by atoms with van der Waals surface area (Å²) in [6, 6.07) is 0. The third-order valence-corrected chi connectivity index (χ3v) is 2.47. The standard InChI is InChI=1S/C6H11O5S/c1-2-6(12(7,8)9)11-4-5-3-10-5/h5-6H,1-4H2,(H,7,8,9). The Hall–Kier alpha value is -0.170. The molecule has 1 fully saturated rings. The highest BCUT2D eigenvalue weighted by molar-refractivity contribution is 7.86. The number of rotatable bonds is 5. The first kappa shape index (κ1) is 9.91. The molecule has 1 radical (unpaired) electrons. The molecule has 1 aliphatic rings. The Labute approximate surface area is 71.4 Å². The van der Waals surface area contributed by atoms with Gasteiger partial charge in [-0.25, -0.2) is 0 Å². The smallest absolute Gasteiger partial charge is 0.292 e. The van der Waals surface area contributed by atoms with Crippen LogP contribution in [0.3, 0.4) is 0 Å². The maximum atomic E-state index is 10.5. The number of hydrogen-bond donors (Lipinski definition) is 1. The largest absolute Gasteiger partial charge is 0.371 e. The second-order valence-corrected chi connectivity index (χ2v) is 4.08. The number of ether oxygens (including phenoxy) is 2. The molecule has 1 N–H and O–H groups in total. The molecule has 5 nitrogen and oxygen atoms in total. The fourth-order valence-electron chi connectivity index (χ4n) is 0.697. The Morgan fingerprint density at radius 2 is 2.33 bits per heavy atom. The fraction of sp³-hybridized carbons (Fsp3) is 0.833. The molecule has 1 rings (SSSR count). The van der Waals surface area contributed by atoms with E-state index in [1.807, 2.05) is 0 Å². The van der Waals surface area contributed by atoms with Gasteiger partial charge in [0.1, 0.15) is 6.10 Å². The van der Waals surface area contributed by atoms with Crippen LogP contribution in [0.5, 0.6) is 0 Å². The third-order valence-electron chi connectivity index (χ3n) is 1.44. The molecule has 6 heteroatoms. The minimum atomic E-state index is -4.12. The Bertz CT molecular complexity index is 230. The van der Waals surface area contributed by atoms with E-state index in [0.29, 0.717) is 6.61 Å². The molecule has 0 bridgehead atoms. The zero-order chi connectivity index (χ0) is 9.19. The quantitative estimate of drug-likeness (QED) is 0.487. The van der Waals surface area contributed by atoms with Crippen molar-refractivity contribution in [1.29, 1.82) is 0 Å². The zero-order valence-electron chi connectivity index (χ0n) is 6.47. The fourth-order valence-corrected chi connectivity index (χ4v) is 1.25. The van der Waals surface area contributed by atoms with E-state index in [4.69, 9.17) is 14.0 Å². The van der Waals surface area contributed by atoms with Crippen LogP contribution in [-0.2, 0) is 19.6 Å². The minimum Gasteiger partial charge on any atom is -0.371 e. The van der Waals surface area contributed by atoms with Crippen LogP contribution in [0.4, 0.5) is 0 Å². The summed E-state index contributed by atoms with van der Waals surface area (Å²) in [6.07, 6.45) is -0.0215. The van der Waals surface area contributed by atoms with Crippen molar-refractivity contribution >= 4 is 10.1 Å². The van der Waals surface area contributed by atoms with E-state index in [9.17, 15) is 8.42 Å². The first-order chi connectivity index (χ1) is 5.54. The van der Waals surface area contributed by atoms with Crippen molar-refractivity contribution in [3.63, 3.8) is 0 Å². The average Bonchev–Trinajstić information content (AvgIpc) is 2.69. The van der Waals surface area contributed by atoms with Crippen LogP contribution in [0.15, 0.2) is 0 Å². The molecular weight excluding hydrogens is 184 g/mol. The van der Waals surface area contributed by atoms with Crippen LogP contribution in [0.2, 0.25) is 0 Å². The van der Waals surface area contributed by atoms with Gasteiger partial charge in [-0.15, -0.1) is 0 Å². The molecule has 2 atom stereocenters. The molecule has 0 saturated carbocycles. The van der Waals surface area contributed by atoms with Gasteiger partial charge in [-0.1, -0.05) is 0 Å². The molecule has 0 aromatic carbocycles. The van der Waals surface area contributed by atoms with E-state index >= 15 is 0 Å². The van der Waals surface area contributed by atoms with Gasteiger partial charge in [-0.05, 0) is 13.3 Å². The molecule has 1 aliphatic heterocycles. The Kier molecular flexibility index (Phi) is 3.05. The summed E-state index contributed by atoms with van der Waals surface area (Å²) in [7, 11) is -4.12. The van der Waals surface area contributed by atoms with Gasteiger partial charge in [0.2, 0.25) is 0 Å². The van der Waals surface area contributed by atoms with E-state index in [1.165, 1.54) is 0 Å². The minimum absolute atomic E-state index is 0.00838. The highest BCUT2D eigenvalue weighted by Crippen LogP contribution is 2.13. The SMILES string of the molecule is [CH2]CC(OCC1CO1)S(=O)(=O)O. The van der Waals surface area contributed by atoms with Gasteiger partial charge in [0.05, 0.1) is 13.2 Å². The normalized spacial score (nSPS) is 25.3. The second kappa shape index (κ2) is 3.69. The Morgan fingerprint density at radius 3 is 2.67 bits per heavy atom. The zero-order valence-corrected chi connectivity index (χ0v) is 7.29. The first-order valence-electron chi connectivity index (χ1n) is 3.53. The molecule has 0 amide bonds. The monoisotopic (exact) mass is 195 g/mol. The molecule has 0 aliphatic carbocycles. The number of epoxide rings is 1. The summed E-state index contributed by atoms with van der Waals surface area (Å²) >= 11 is 0. The van der Waals surface area contributed by atoms with E-state index in [-0.39, 0.29) is 19.1 Å². The van der Waals surface area contributed by atoms with Crippen molar-refractivity contribution in [3.8, 4) is 0 Å². The highest BCUT2D eigenvalue weighted by Gasteiger charge is 2.28. The predicted octanol–water partition coefficient (Wildman–Crippen LogP) is -0.160. The molecular formula is C6H11O5S. The molecule has 0 aromatic heterocycles. The topological polar surface area (TPSA) is 76.1 Å². The van der Waals surface area contributed by atoms with Gasteiger partial charge < -0.3 is 9.47 Å². The highest BCUT2D eigenvalue weighted by atomic mass is 32.2. The van der Waals surface area contributed by atoms with Crippen molar-refractivity contribution in [2.24, 2.45) is 0 Å². The van der Waals surface area contributed by atoms with Gasteiger partial charge in [0.15, 0.2) is 5.44 Å². The summed E-state index contributed by atoms with van der Waals surface area (Å²) in [5.74, 6) is 0. The molecule has 1 saturated heterocycles. The molecule has 0 spiro atoms. The molecule has 2 unspecified atom stereocenters. The van der Waals surface area contributed by atoms with Crippen molar-refractivity contribution in [2.45, 2.75) is 18.0 Å². The first-order valence-corrected chi connectivity index (χ1v) is 5.03. The van der Waals surface area contributed by atoms with Gasteiger partial charge in [0, 0.05) is 0 Å². The van der Waals surface area contributed by atoms with E-state index in [2.05, 4.69) is 6.92 Å². The summed E-state index contributed by atoms with van der Waals surface area (Å²) in [6.45, 7) is 4.13. The summed E-state index contributed by atoms with van der Waals surface area (Å²) in [5.41, 5.74) is -1.22. The van der Waals surface area contributed by atoms with Crippen molar-refractivity contribution in [3.05, 3.63) is 6.92 Å². The molecule has 71 valence electrons. The van der Waals surface area contributed by atoms with Crippen molar-refractivity contribution in [1.82, 2.24) is 0 Å². The van der Waals surface area contributed by atoms with E-state index in [1.54, 1.807) is 0 Å². The maximum absolute atomic E-state index is 10.5. The van der Waals surface area contributed by atoms with Crippen molar-refractivity contribution in [2.75, 3.05) is 13.2 Å². The van der Waals surface area contributed by atoms with Crippen LogP contribution in [0.1, 0.15) is 6.42 Å². The van der Waals surface area contributed by atoms with Crippen LogP contribution in [-0.4, -0.2) is 37.7 Å². The lowest BCUT2D eigenvalue weighted by Gasteiger charge is -2.10. The Balaban J connectivity index is 2.34. The van der Waals surface area contributed by atoms with E-state index in [0.717, 1.165) is 0 Å². The predicted molar refractivity (Wildman–Crippen MR) is 41.0 cm³/mol. The number of hydrogen-bond acceptors (Lipinski definition) is 4. The summed E-state index contributed by atoms with van der Waals surface area (Å²) in [4.78, 5) is 0.